The lowest BCUT2D eigenvalue weighted by molar-refractivity contribution is -0.125. The van der Waals surface area contributed by atoms with Crippen molar-refractivity contribution in [3.05, 3.63) is 42.2 Å². The van der Waals surface area contributed by atoms with Crippen LogP contribution in [0.15, 0.2) is 40.9 Å². The van der Waals surface area contributed by atoms with E-state index in [0.29, 0.717) is 19.5 Å². The van der Waals surface area contributed by atoms with Gasteiger partial charge >= 0.3 is 0 Å². The predicted octanol–water partition coefficient (Wildman–Crippen LogP) is 0.989. The predicted molar refractivity (Wildman–Crippen MR) is 82.8 cm³/mol. The Morgan fingerprint density at radius 3 is 2.95 bits per heavy atom. The van der Waals surface area contributed by atoms with Gasteiger partial charge in [-0.25, -0.2) is 0 Å². The Kier molecular flexibility index (Phi) is 4.22. The maximum atomic E-state index is 11.9. The van der Waals surface area contributed by atoms with E-state index in [1.54, 1.807) is 7.05 Å². The van der Waals surface area contributed by atoms with Crippen molar-refractivity contribution < 1.29 is 9.32 Å². The topological polar surface area (TPSA) is 84.4 Å². The number of carbonyl (C=O) groups is 1. The first kappa shape index (κ1) is 14.7. The van der Waals surface area contributed by atoms with Crippen LogP contribution in [-0.2, 0) is 11.3 Å². The van der Waals surface area contributed by atoms with Crippen molar-refractivity contribution in [3.63, 3.8) is 0 Å². The Labute approximate surface area is 129 Å². The maximum absolute atomic E-state index is 11.9. The monoisotopic (exact) mass is 300 g/mol. The summed E-state index contributed by atoms with van der Waals surface area (Å²) in [5.41, 5.74) is 7.80. The summed E-state index contributed by atoms with van der Waals surface area (Å²) in [6.07, 6.45) is 0.666. The average Bonchev–Trinajstić information content (AvgIpc) is 3.14. The first-order valence-corrected chi connectivity index (χ1v) is 7.39. The molecule has 116 valence electrons. The van der Waals surface area contributed by atoms with Gasteiger partial charge in [-0.1, -0.05) is 35.5 Å². The molecule has 22 heavy (non-hydrogen) atoms. The number of likely N-dealkylation sites (tertiary alicyclic amines) is 1. The van der Waals surface area contributed by atoms with Crippen molar-refractivity contribution in [2.24, 2.45) is 5.73 Å². The Hall–Kier alpha value is -2.18. The van der Waals surface area contributed by atoms with Crippen LogP contribution in [0.3, 0.4) is 0 Å². The molecule has 0 spiro atoms. The molecule has 6 heteroatoms. The van der Waals surface area contributed by atoms with E-state index in [0.717, 1.165) is 17.0 Å². The third-order valence-electron chi connectivity index (χ3n) is 3.97. The fraction of sp³-hybridized carbons (Fsp3) is 0.375. The van der Waals surface area contributed by atoms with Crippen LogP contribution in [-0.4, -0.2) is 41.6 Å². The van der Waals surface area contributed by atoms with Gasteiger partial charge in [-0.3, -0.25) is 9.69 Å². The summed E-state index contributed by atoms with van der Waals surface area (Å²) in [6.45, 7) is 1.21. The van der Waals surface area contributed by atoms with Crippen molar-refractivity contribution in [1.29, 1.82) is 0 Å². The van der Waals surface area contributed by atoms with Crippen LogP contribution in [0, 0.1) is 0 Å². The van der Waals surface area contributed by atoms with Crippen molar-refractivity contribution in [2.45, 2.75) is 25.0 Å². The molecule has 1 aliphatic heterocycles. The highest BCUT2D eigenvalue weighted by molar-refractivity contribution is 5.81. The zero-order valence-electron chi connectivity index (χ0n) is 12.5. The van der Waals surface area contributed by atoms with Gasteiger partial charge in [0.1, 0.15) is 5.69 Å². The minimum absolute atomic E-state index is 0.00394. The molecule has 0 bridgehead atoms. The molecular formula is C16H20N4O2. The zero-order chi connectivity index (χ0) is 15.5. The minimum Gasteiger partial charge on any atom is -0.359 e. The molecule has 2 aromatic rings. The van der Waals surface area contributed by atoms with Gasteiger partial charge in [0.15, 0.2) is 5.76 Å². The number of likely N-dealkylation sites (N-methyl/N-ethyl adjacent to an activating group) is 1. The van der Waals surface area contributed by atoms with Gasteiger partial charge in [-0.15, -0.1) is 0 Å². The Balaban J connectivity index is 1.73. The van der Waals surface area contributed by atoms with E-state index in [1.165, 1.54) is 0 Å². The number of nitrogens with two attached hydrogens (primary N) is 1. The highest BCUT2D eigenvalue weighted by atomic mass is 16.5. The van der Waals surface area contributed by atoms with Gasteiger partial charge in [-0.05, 0) is 6.42 Å². The number of carbonyl (C=O) groups excluding carboxylic acids is 1. The highest BCUT2D eigenvalue weighted by Gasteiger charge is 2.35. The summed E-state index contributed by atoms with van der Waals surface area (Å²) in [4.78, 5) is 14.0. The van der Waals surface area contributed by atoms with Gasteiger partial charge in [0.2, 0.25) is 5.91 Å². The number of hydrogen-bond donors (Lipinski definition) is 2. The molecule has 1 aromatic heterocycles. The SMILES string of the molecule is CNC(=O)[C@@H]1C[C@H](N)CN1Cc1cc(-c2ccccc2)no1. The smallest absolute Gasteiger partial charge is 0.237 e. The molecule has 6 nitrogen and oxygen atoms in total. The molecule has 1 saturated heterocycles. The maximum Gasteiger partial charge on any atom is 0.237 e. The van der Waals surface area contributed by atoms with Gasteiger partial charge < -0.3 is 15.6 Å². The third kappa shape index (κ3) is 3.03. The molecule has 0 unspecified atom stereocenters. The molecule has 1 amide bonds. The highest BCUT2D eigenvalue weighted by Crippen LogP contribution is 2.23. The normalized spacial score (nSPS) is 21.9. The fourth-order valence-electron chi connectivity index (χ4n) is 2.89. The van der Waals surface area contributed by atoms with Crippen molar-refractivity contribution in [3.8, 4) is 11.3 Å². The summed E-state index contributed by atoms with van der Waals surface area (Å²) < 4.78 is 5.41. The standard InChI is InChI=1S/C16H20N4O2/c1-18-16(21)15-7-12(17)9-20(15)10-13-8-14(19-22-13)11-5-3-2-4-6-11/h2-6,8,12,15H,7,9-10,17H2,1H3,(H,18,21)/t12-,15-/m0/s1. The van der Waals surface area contributed by atoms with Gasteiger partial charge in [-0.2, -0.15) is 0 Å². The van der Waals surface area contributed by atoms with E-state index in [2.05, 4.69) is 10.5 Å². The van der Waals surface area contributed by atoms with Crippen LogP contribution in [0.5, 0.6) is 0 Å². The largest absolute Gasteiger partial charge is 0.359 e. The molecule has 0 radical (unpaired) electrons. The number of nitrogens with one attached hydrogen (secondary N) is 1. The molecule has 0 aliphatic carbocycles. The van der Waals surface area contributed by atoms with E-state index in [4.69, 9.17) is 10.3 Å². The van der Waals surface area contributed by atoms with Crippen LogP contribution in [0.25, 0.3) is 11.3 Å². The Morgan fingerprint density at radius 2 is 2.23 bits per heavy atom. The van der Waals surface area contributed by atoms with Crippen molar-refractivity contribution >= 4 is 5.91 Å². The minimum atomic E-state index is -0.203. The molecule has 1 aliphatic rings. The number of amides is 1. The van der Waals surface area contributed by atoms with E-state index in [9.17, 15) is 4.79 Å². The number of benzene rings is 1. The Morgan fingerprint density at radius 1 is 1.45 bits per heavy atom. The lowest BCUT2D eigenvalue weighted by atomic mass is 10.1. The zero-order valence-corrected chi connectivity index (χ0v) is 12.5. The molecule has 3 rings (SSSR count). The number of aromatic nitrogens is 1. The Bertz CT molecular complexity index is 641. The summed E-state index contributed by atoms with van der Waals surface area (Å²) in [7, 11) is 1.65. The third-order valence-corrected chi connectivity index (χ3v) is 3.97. The second kappa shape index (κ2) is 6.29. The van der Waals surface area contributed by atoms with E-state index >= 15 is 0 Å². The van der Waals surface area contributed by atoms with Gasteiger partial charge in [0.05, 0.1) is 12.6 Å². The fourth-order valence-corrected chi connectivity index (χ4v) is 2.89. The molecule has 3 N–H and O–H groups in total. The molecular weight excluding hydrogens is 280 g/mol. The lowest BCUT2D eigenvalue weighted by Gasteiger charge is -2.21. The molecule has 1 aromatic carbocycles. The van der Waals surface area contributed by atoms with Crippen molar-refractivity contribution in [2.75, 3.05) is 13.6 Å². The van der Waals surface area contributed by atoms with E-state index in [1.807, 2.05) is 41.3 Å². The van der Waals surface area contributed by atoms with Crippen LogP contribution in [0.1, 0.15) is 12.2 Å². The number of nitrogens with zero attached hydrogens (tertiary/aromatic N) is 2. The summed E-state index contributed by atoms with van der Waals surface area (Å²) >= 11 is 0. The molecule has 1 fully saturated rings. The lowest BCUT2D eigenvalue weighted by Crippen LogP contribution is -2.41. The second-order valence-electron chi connectivity index (χ2n) is 5.60. The second-order valence-corrected chi connectivity index (χ2v) is 5.60. The average molecular weight is 300 g/mol. The van der Waals surface area contributed by atoms with Crippen molar-refractivity contribution in [1.82, 2.24) is 15.4 Å². The summed E-state index contributed by atoms with van der Waals surface area (Å²) in [5, 5.41) is 6.80. The van der Waals surface area contributed by atoms with E-state index < -0.39 is 0 Å². The molecule has 2 atom stereocenters. The van der Waals surface area contributed by atoms with Crippen LogP contribution < -0.4 is 11.1 Å². The number of hydrogen-bond acceptors (Lipinski definition) is 5. The summed E-state index contributed by atoms with van der Waals surface area (Å²) in [5.74, 6) is 0.734. The van der Waals surface area contributed by atoms with Crippen LogP contribution in [0.4, 0.5) is 0 Å². The van der Waals surface area contributed by atoms with Gasteiger partial charge in [0.25, 0.3) is 0 Å². The first-order valence-electron chi connectivity index (χ1n) is 7.39. The quantitative estimate of drug-likeness (QED) is 0.879. The van der Waals surface area contributed by atoms with Gasteiger partial charge in [0, 0.05) is 31.3 Å². The first-order chi connectivity index (χ1) is 10.7. The van der Waals surface area contributed by atoms with Crippen LogP contribution in [0.2, 0.25) is 0 Å². The van der Waals surface area contributed by atoms with E-state index in [-0.39, 0.29) is 18.0 Å². The summed E-state index contributed by atoms with van der Waals surface area (Å²) in [6, 6.07) is 11.6. The van der Waals surface area contributed by atoms with Crippen LogP contribution >= 0.6 is 0 Å². The molecule has 0 saturated carbocycles. The molecule has 2 heterocycles. The number of rotatable bonds is 4.